The van der Waals surface area contributed by atoms with Gasteiger partial charge >= 0.3 is 0 Å². The summed E-state index contributed by atoms with van der Waals surface area (Å²) in [5.41, 5.74) is 15.2. The molecule has 0 radical (unpaired) electrons. The first-order valence-corrected chi connectivity index (χ1v) is 15.9. The monoisotopic (exact) mass is 579 g/mol. The molecule has 208 valence electrons. The standard InChI is InChI=1S/C42H29NS/c1-28-11-13-33(14-12-28)42-37-10-6-5-9-36(37)41(34-21-19-32(20-22-34)40-26-44-27-43-40)38-24-23-35(25-39(38)42)31-17-15-30(16-18-31)29-7-3-2-4-8-29/h2-27H,1H3. The van der Waals surface area contributed by atoms with Crippen molar-refractivity contribution >= 4 is 32.9 Å². The Balaban J connectivity index is 1.36. The lowest BCUT2D eigenvalue weighted by Crippen LogP contribution is -1.92. The number of benzene rings is 7. The summed E-state index contributed by atoms with van der Waals surface area (Å²) in [5.74, 6) is 0. The molecular weight excluding hydrogens is 551 g/mol. The van der Waals surface area contributed by atoms with Gasteiger partial charge in [-0.2, -0.15) is 0 Å². The molecule has 1 aromatic heterocycles. The van der Waals surface area contributed by atoms with Crippen molar-refractivity contribution in [2.24, 2.45) is 0 Å². The molecule has 7 aromatic carbocycles. The van der Waals surface area contributed by atoms with Gasteiger partial charge in [-0.25, -0.2) is 4.98 Å². The van der Waals surface area contributed by atoms with Gasteiger partial charge in [0.25, 0.3) is 0 Å². The number of thiazole rings is 1. The van der Waals surface area contributed by atoms with E-state index in [0.29, 0.717) is 0 Å². The van der Waals surface area contributed by atoms with Crippen LogP contribution in [0.4, 0.5) is 0 Å². The van der Waals surface area contributed by atoms with Gasteiger partial charge < -0.3 is 0 Å². The summed E-state index contributed by atoms with van der Waals surface area (Å²) in [6.45, 7) is 2.15. The highest BCUT2D eigenvalue weighted by Crippen LogP contribution is 2.45. The van der Waals surface area contributed by atoms with Crippen molar-refractivity contribution in [3.8, 4) is 55.8 Å². The topological polar surface area (TPSA) is 12.9 Å². The molecule has 44 heavy (non-hydrogen) atoms. The van der Waals surface area contributed by atoms with Crippen LogP contribution >= 0.6 is 11.3 Å². The maximum atomic E-state index is 4.52. The number of fused-ring (bicyclic) bond motifs is 2. The SMILES string of the molecule is Cc1ccc(-c2c3ccccc3c(-c3ccc(-c4cscn4)cc3)c3ccc(-c4ccc(-c5ccccc5)cc4)cc23)cc1. The van der Waals surface area contributed by atoms with Crippen molar-refractivity contribution in [2.75, 3.05) is 0 Å². The van der Waals surface area contributed by atoms with Crippen LogP contribution < -0.4 is 0 Å². The van der Waals surface area contributed by atoms with Crippen LogP contribution in [0.5, 0.6) is 0 Å². The van der Waals surface area contributed by atoms with Crippen LogP contribution in [0.2, 0.25) is 0 Å². The number of rotatable bonds is 5. The van der Waals surface area contributed by atoms with Crippen LogP contribution in [-0.2, 0) is 0 Å². The molecule has 0 aliphatic rings. The molecular formula is C42H29NS. The van der Waals surface area contributed by atoms with Crippen LogP contribution in [0.1, 0.15) is 5.56 Å². The normalized spacial score (nSPS) is 11.3. The lowest BCUT2D eigenvalue weighted by molar-refractivity contribution is 1.41. The third-order valence-corrected chi connectivity index (χ3v) is 9.18. The molecule has 0 bridgehead atoms. The Morgan fingerprint density at radius 3 is 1.52 bits per heavy atom. The molecule has 8 aromatic rings. The van der Waals surface area contributed by atoms with Crippen molar-refractivity contribution in [1.29, 1.82) is 0 Å². The van der Waals surface area contributed by atoms with Crippen molar-refractivity contribution in [1.82, 2.24) is 4.98 Å². The highest BCUT2D eigenvalue weighted by Gasteiger charge is 2.18. The molecule has 0 atom stereocenters. The molecule has 0 saturated heterocycles. The molecule has 0 aliphatic heterocycles. The molecule has 0 saturated carbocycles. The molecule has 8 rings (SSSR count). The Morgan fingerprint density at radius 1 is 0.409 bits per heavy atom. The number of nitrogens with zero attached hydrogens (tertiary/aromatic N) is 1. The van der Waals surface area contributed by atoms with E-state index in [9.17, 15) is 0 Å². The fraction of sp³-hybridized carbons (Fsp3) is 0.0238. The van der Waals surface area contributed by atoms with Gasteiger partial charge in [-0.15, -0.1) is 11.3 Å². The predicted octanol–water partition coefficient (Wildman–Crippen LogP) is 12.1. The van der Waals surface area contributed by atoms with Gasteiger partial charge in [0, 0.05) is 10.9 Å². The fourth-order valence-corrected chi connectivity index (χ4v) is 6.91. The second kappa shape index (κ2) is 11.1. The first kappa shape index (κ1) is 26.3. The quantitative estimate of drug-likeness (QED) is 0.185. The molecule has 1 nitrogen and oxygen atoms in total. The van der Waals surface area contributed by atoms with Gasteiger partial charge in [0.05, 0.1) is 11.2 Å². The summed E-state index contributed by atoms with van der Waals surface area (Å²) in [7, 11) is 0. The molecule has 0 fully saturated rings. The Labute approximate surface area is 261 Å². The summed E-state index contributed by atoms with van der Waals surface area (Å²) >= 11 is 1.63. The van der Waals surface area contributed by atoms with Crippen LogP contribution in [0.25, 0.3) is 77.3 Å². The lowest BCUT2D eigenvalue weighted by Gasteiger charge is -2.19. The smallest absolute Gasteiger partial charge is 0.0811 e. The molecule has 0 aliphatic carbocycles. The highest BCUT2D eigenvalue weighted by molar-refractivity contribution is 7.07. The summed E-state index contributed by atoms with van der Waals surface area (Å²) in [4.78, 5) is 4.52. The molecule has 0 spiro atoms. The van der Waals surface area contributed by atoms with Crippen molar-refractivity contribution in [2.45, 2.75) is 6.92 Å². The van der Waals surface area contributed by atoms with E-state index in [1.165, 1.54) is 71.6 Å². The van der Waals surface area contributed by atoms with E-state index in [1.807, 2.05) is 5.51 Å². The lowest BCUT2D eigenvalue weighted by atomic mass is 9.84. The van der Waals surface area contributed by atoms with E-state index in [0.717, 1.165) is 11.3 Å². The van der Waals surface area contributed by atoms with Crippen molar-refractivity contribution < 1.29 is 0 Å². The zero-order valence-electron chi connectivity index (χ0n) is 24.4. The maximum Gasteiger partial charge on any atom is 0.0811 e. The minimum atomic E-state index is 1.02. The fourth-order valence-electron chi connectivity index (χ4n) is 6.35. The van der Waals surface area contributed by atoms with Gasteiger partial charge in [0.15, 0.2) is 0 Å². The zero-order valence-corrected chi connectivity index (χ0v) is 25.2. The predicted molar refractivity (Wildman–Crippen MR) is 189 cm³/mol. The van der Waals surface area contributed by atoms with Crippen LogP contribution in [-0.4, -0.2) is 4.98 Å². The Bertz CT molecular complexity index is 2230. The van der Waals surface area contributed by atoms with E-state index < -0.39 is 0 Å². The minimum absolute atomic E-state index is 1.02. The number of hydrogen-bond acceptors (Lipinski definition) is 2. The van der Waals surface area contributed by atoms with Gasteiger partial charge in [-0.05, 0) is 79.0 Å². The molecule has 0 unspecified atom stereocenters. The number of aromatic nitrogens is 1. The first-order valence-electron chi connectivity index (χ1n) is 14.9. The Morgan fingerprint density at radius 2 is 0.886 bits per heavy atom. The molecule has 0 amide bonds. The van der Waals surface area contributed by atoms with Gasteiger partial charge in [-0.1, -0.05) is 145 Å². The van der Waals surface area contributed by atoms with Crippen molar-refractivity contribution in [3.63, 3.8) is 0 Å². The Hall–Kier alpha value is -5.31. The molecule has 0 N–H and O–H groups in total. The largest absolute Gasteiger partial charge is 0.245 e. The summed E-state index contributed by atoms with van der Waals surface area (Å²) in [6, 6.07) is 53.2. The third kappa shape index (κ3) is 4.70. The average Bonchev–Trinajstić information content (AvgIpc) is 3.64. The Kier molecular flexibility index (Phi) is 6.63. The van der Waals surface area contributed by atoms with Gasteiger partial charge in [0.1, 0.15) is 0 Å². The van der Waals surface area contributed by atoms with Crippen LogP contribution in [0, 0.1) is 6.92 Å². The van der Waals surface area contributed by atoms with Gasteiger partial charge in [0.2, 0.25) is 0 Å². The van der Waals surface area contributed by atoms with Crippen molar-refractivity contribution in [3.05, 3.63) is 162 Å². The van der Waals surface area contributed by atoms with E-state index in [2.05, 4.69) is 163 Å². The maximum absolute atomic E-state index is 4.52. The van der Waals surface area contributed by atoms with E-state index in [-0.39, 0.29) is 0 Å². The van der Waals surface area contributed by atoms with E-state index in [1.54, 1.807) is 11.3 Å². The number of hydrogen-bond donors (Lipinski definition) is 0. The number of aryl methyl sites for hydroxylation is 1. The third-order valence-electron chi connectivity index (χ3n) is 8.59. The van der Waals surface area contributed by atoms with E-state index in [4.69, 9.17) is 0 Å². The van der Waals surface area contributed by atoms with Crippen LogP contribution in [0.3, 0.4) is 0 Å². The van der Waals surface area contributed by atoms with Gasteiger partial charge in [-0.3, -0.25) is 0 Å². The first-order chi connectivity index (χ1) is 21.7. The molecule has 1 heterocycles. The second-order valence-electron chi connectivity index (χ2n) is 11.3. The van der Waals surface area contributed by atoms with Crippen LogP contribution in [0.15, 0.2) is 156 Å². The average molecular weight is 580 g/mol. The summed E-state index contributed by atoms with van der Waals surface area (Å²) < 4.78 is 0. The zero-order chi connectivity index (χ0) is 29.5. The highest BCUT2D eigenvalue weighted by atomic mass is 32.1. The summed E-state index contributed by atoms with van der Waals surface area (Å²) in [5, 5.41) is 7.14. The minimum Gasteiger partial charge on any atom is -0.245 e. The second-order valence-corrected chi connectivity index (χ2v) is 12.0. The summed E-state index contributed by atoms with van der Waals surface area (Å²) in [6.07, 6.45) is 0. The van der Waals surface area contributed by atoms with E-state index >= 15 is 0 Å². The molecule has 2 heteroatoms.